The number of hydrogen-bond acceptors (Lipinski definition) is 4. The fraction of sp³-hybridized carbons (Fsp3) is 0.0769. The number of carbonyl (C=O) groups is 1. The summed E-state index contributed by atoms with van der Waals surface area (Å²) >= 11 is 0. The number of aromatic nitrogens is 2. The van der Waals surface area contributed by atoms with Crippen LogP contribution in [0.5, 0.6) is 5.75 Å². The van der Waals surface area contributed by atoms with Crippen LogP contribution in [-0.4, -0.2) is 29.7 Å². The number of rotatable bonds is 4. The van der Waals surface area contributed by atoms with Gasteiger partial charge >= 0.3 is 5.97 Å². The predicted molar refractivity (Wildman–Crippen MR) is 122 cm³/mol. The number of benzene rings is 4. The van der Waals surface area contributed by atoms with Crippen LogP contribution in [0.25, 0.3) is 38.6 Å². The molecule has 0 bridgehead atoms. The van der Waals surface area contributed by atoms with Crippen molar-refractivity contribution in [1.29, 1.82) is 0 Å². The molecule has 0 saturated heterocycles. The van der Waals surface area contributed by atoms with Crippen LogP contribution >= 0.6 is 0 Å². The summed E-state index contributed by atoms with van der Waals surface area (Å²) < 4.78 is 12.4. The molecule has 0 fully saturated rings. The monoisotopic (exact) mass is 408 g/mol. The van der Waals surface area contributed by atoms with Gasteiger partial charge in [-0.1, -0.05) is 36.4 Å². The Morgan fingerprint density at radius 3 is 2.52 bits per heavy atom. The number of methoxy groups -OCH3 is 2. The third kappa shape index (κ3) is 3.30. The van der Waals surface area contributed by atoms with E-state index >= 15 is 0 Å². The highest BCUT2D eigenvalue weighted by Gasteiger charge is 2.14. The molecule has 0 N–H and O–H groups in total. The van der Waals surface area contributed by atoms with Gasteiger partial charge in [-0.25, -0.2) is 9.78 Å². The highest BCUT2D eigenvalue weighted by molar-refractivity contribution is 5.99. The molecule has 0 saturated carbocycles. The Balaban J connectivity index is 1.59. The van der Waals surface area contributed by atoms with E-state index in [2.05, 4.69) is 45.9 Å². The van der Waals surface area contributed by atoms with Gasteiger partial charge in [-0.2, -0.15) is 0 Å². The lowest BCUT2D eigenvalue weighted by Gasteiger charge is -2.11. The fourth-order valence-electron chi connectivity index (χ4n) is 3.89. The van der Waals surface area contributed by atoms with Crippen LogP contribution in [-0.2, 0) is 4.74 Å². The summed E-state index contributed by atoms with van der Waals surface area (Å²) in [5.41, 5.74) is 5.66. The summed E-state index contributed by atoms with van der Waals surface area (Å²) in [6.45, 7) is 0. The van der Waals surface area contributed by atoms with Crippen molar-refractivity contribution >= 4 is 27.8 Å². The molecule has 0 spiro atoms. The first kappa shape index (κ1) is 18.9. The van der Waals surface area contributed by atoms with Gasteiger partial charge in [0.05, 0.1) is 25.3 Å². The maximum Gasteiger partial charge on any atom is 0.341 e. The van der Waals surface area contributed by atoms with Crippen LogP contribution in [0.1, 0.15) is 10.4 Å². The molecule has 0 aliphatic heterocycles. The van der Waals surface area contributed by atoms with E-state index < -0.39 is 5.97 Å². The van der Waals surface area contributed by atoms with E-state index in [4.69, 9.17) is 9.47 Å². The van der Waals surface area contributed by atoms with E-state index in [1.54, 1.807) is 13.2 Å². The quantitative estimate of drug-likeness (QED) is 0.361. The summed E-state index contributed by atoms with van der Waals surface area (Å²) in [6, 6.07) is 26.3. The van der Waals surface area contributed by atoms with Crippen molar-refractivity contribution in [2.75, 3.05) is 14.2 Å². The minimum absolute atomic E-state index is 0.414. The van der Waals surface area contributed by atoms with E-state index in [0.717, 1.165) is 38.6 Å². The maximum absolute atomic E-state index is 12.1. The van der Waals surface area contributed by atoms with Crippen molar-refractivity contribution in [3.63, 3.8) is 0 Å². The minimum atomic E-state index is -0.414. The Bertz CT molecular complexity index is 1440. The molecule has 0 aliphatic rings. The van der Waals surface area contributed by atoms with Gasteiger partial charge in [-0.3, -0.25) is 4.57 Å². The normalized spacial score (nSPS) is 11.0. The zero-order chi connectivity index (χ0) is 21.4. The van der Waals surface area contributed by atoms with E-state index in [-0.39, 0.29) is 0 Å². The standard InChI is InChI=1S/C26H20N2O3/c1-30-25-15-20-12-18(10-11-19(20)14-22(25)26(29)31-2)17-6-5-7-21(13-17)28-16-27-23-8-3-4-9-24(23)28/h3-16H,1-2H3. The number of carbonyl (C=O) groups excluding carboxylic acids is 1. The highest BCUT2D eigenvalue weighted by Crippen LogP contribution is 2.31. The topological polar surface area (TPSA) is 53.4 Å². The molecule has 5 nitrogen and oxygen atoms in total. The fourth-order valence-corrected chi connectivity index (χ4v) is 3.89. The second-order valence-corrected chi connectivity index (χ2v) is 7.26. The number of esters is 1. The Kier molecular flexibility index (Phi) is 4.64. The lowest BCUT2D eigenvalue weighted by atomic mass is 9.99. The molecule has 152 valence electrons. The molecule has 0 radical (unpaired) electrons. The third-order valence-corrected chi connectivity index (χ3v) is 5.48. The van der Waals surface area contributed by atoms with Gasteiger partial charge in [0.25, 0.3) is 0 Å². The van der Waals surface area contributed by atoms with Crippen LogP contribution in [0.2, 0.25) is 0 Å². The number of fused-ring (bicyclic) bond motifs is 2. The summed E-state index contributed by atoms with van der Waals surface area (Å²) in [7, 11) is 2.92. The lowest BCUT2D eigenvalue weighted by Crippen LogP contribution is -2.04. The van der Waals surface area contributed by atoms with Crippen molar-refractivity contribution in [3.8, 4) is 22.6 Å². The molecule has 0 amide bonds. The Morgan fingerprint density at radius 1 is 0.839 bits per heavy atom. The lowest BCUT2D eigenvalue weighted by molar-refractivity contribution is 0.0597. The molecule has 0 aliphatic carbocycles. The van der Waals surface area contributed by atoms with Gasteiger partial charge < -0.3 is 9.47 Å². The molecule has 31 heavy (non-hydrogen) atoms. The molecule has 1 heterocycles. The Labute approximate surface area is 179 Å². The number of nitrogens with zero attached hydrogens (tertiary/aromatic N) is 2. The summed E-state index contributed by atoms with van der Waals surface area (Å²) in [6.07, 6.45) is 1.85. The molecule has 1 aromatic heterocycles. The molecular weight excluding hydrogens is 388 g/mol. The van der Waals surface area contributed by atoms with Crippen LogP contribution in [0.3, 0.4) is 0 Å². The maximum atomic E-state index is 12.1. The van der Waals surface area contributed by atoms with E-state index in [0.29, 0.717) is 11.3 Å². The SMILES string of the molecule is COC(=O)c1cc2ccc(-c3cccc(-n4cnc5ccccc54)c3)cc2cc1OC. The van der Waals surface area contributed by atoms with Crippen molar-refractivity contribution in [1.82, 2.24) is 9.55 Å². The third-order valence-electron chi connectivity index (χ3n) is 5.48. The summed E-state index contributed by atoms with van der Waals surface area (Å²) in [4.78, 5) is 16.6. The minimum Gasteiger partial charge on any atom is -0.496 e. The Morgan fingerprint density at radius 2 is 1.68 bits per heavy atom. The molecule has 0 unspecified atom stereocenters. The highest BCUT2D eigenvalue weighted by atomic mass is 16.5. The number of ether oxygens (including phenoxy) is 2. The summed E-state index contributed by atoms with van der Waals surface area (Å²) in [5.74, 6) is 0.0817. The zero-order valence-electron chi connectivity index (χ0n) is 17.2. The van der Waals surface area contributed by atoms with Gasteiger partial charge in [0.1, 0.15) is 17.6 Å². The van der Waals surface area contributed by atoms with Crippen molar-refractivity contribution < 1.29 is 14.3 Å². The van der Waals surface area contributed by atoms with Crippen LogP contribution in [0.4, 0.5) is 0 Å². The number of imidazole rings is 1. The molecular formula is C26H20N2O3. The first-order valence-corrected chi connectivity index (χ1v) is 9.91. The van der Waals surface area contributed by atoms with E-state index in [1.807, 2.05) is 42.7 Å². The van der Waals surface area contributed by atoms with Gasteiger partial charge in [-0.15, -0.1) is 0 Å². The van der Waals surface area contributed by atoms with Crippen molar-refractivity contribution in [2.45, 2.75) is 0 Å². The van der Waals surface area contributed by atoms with E-state index in [9.17, 15) is 4.79 Å². The molecule has 5 rings (SSSR count). The second kappa shape index (κ2) is 7.61. The largest absolute Gasteiger partial charge is 0.496 e. The van der Waals surface area contributed by atoms with Crippen LogP contribution in [0.15, 0.2) is 85.2 Å². The Hall–Kier alpha value is -4.12. The zero-order valence-corrected chi connectivity index (χ0v) is 17.2. The molecule has 5 heteroatoms. The summed E-state index contributed by atoms with van der Waals surface area (Å²) in [5, 5.41) is 1.93. The van der Waals surface area contributed by atoms with Crippen LogP contribution in [0, 0.1) is 0 Å². The van der Waals surface area contributed by atoms with Gasteiger partial charge in [0.15, 0.2) is 0 Å². The average Bonchev–Trinajstić information content (AvgIpc) is 3.26. The first-order valence-electron chi connectivity index (χ1n) is 9.91. The second-order valence-electron chi connectivity index (χ2n) is 7.26. The molecule has 0 atom stereocenters. The van der Waals surface area contributed by atoms with Crippen LogP contribution < -0.4 is 4.74 Å². The molecule has 5 aromatic rings. The van der Waals surface area contributed by atoms with Gasteiger partial charge in [0, 0.05) is 5.69 Å². The smallest absolute Gasteiger partial charge is 0.341 e. The number of hydrogen-bond donors (Lipinski definition) is 0. The van der Waals surface area contributed by atoms with Gasteiger partial charge in [0.2, 0.25) is 0 Å². The molecule has 4 aromatic carbocycles. The number of para-hydroxylation sites is 2. The van der Waals surface area contributed by atoms with Gasteiger partial charge in [-0.05, 0) is 64.4 Å². The average molecular weight is 408 g/mol. The van der Waals surface area contributed by atoms with E-state index in [1.165, 1.54) is 7.11 Å². The van der Waals surface area contributed by atoms with Crippen molar-refractivity contribution in [3.05, 3.63) is 90.8 Å². The van der Waals surface area contributed by atoms with Crippen molar-refractivity contribution in [2.24, 2.45) is 0 Å². The predicted octanol–water partition coefficient (Wildman–Crippen LogP) is 5.64. The first-order chi connectivity index (χ1) is 15.2.